The van der Waals surface area contributed by atoms with Crippen molar-refractivity contribution in [3.63, 3.8) is 0 Å². The monoisotopic (exact) mass is 347 g/mol. The van der Waals surface area contributed by atoms with Gasteiger partial charge in [-0.25, -0.2) is 0 Å². The number of Topliss-reactive ketones (excluding diaryl/α,β-unsaturated/α-hetero) is 1. The van der Waals surface area contributed by atoms with Gasteiger partial charge in [-0.2, -0.15) is 8.42 Å². The van der Waals surface area contributed by atoms with E-state index in [0.29, 0.717) is 12.2 Å². The van der Waals surface area contributed by atoms with Crippen LogP contribution in [0.5, 0.6) is 0 Å². The lowest BCUT2D eigenvalue weighted by Gasteiger charge is -2.21. The first-order valence-corrected chi connectivity index (χ1v) is 9.14. The van der Waals surface area contributed by atoms with Crippen LogP contribution >= 0.6 is 0 Å². The number of hydrogen-bond acceptors (Lipinski definition) is 4. The number of rotatable bonds is 2. The van der Waals surface area contributed by atoms with Crippen LogP contribution in [0.2, 0.25) is 0 Å². The molecule has 1 unspecified atom stereocenters. The van der Waals surface area contributed by atoms with Gasteiger partial charge in [-0.1, -0.05) is 48.0 Å². The molecule has 0 saturated carbocycles. The number of benzene rings is 2. The van der Waals surface area contributed by atoms with Crippen molar-refractivity contribution in [2.45, 2.75) is 24.2 Å². The van der Waals surface area contributed by atoms with Crippen LogP contribution in [-0.2, 0) is 14.9 Å². The van der Waals surface area contributed by atoms with Gasteiger partial charge in [0.15, 0.2) is 0 Å². The van der Waals surface area contributed by atoms with Crippen molar-refractivity contribution < 1.29 is 17.8 Å². The second-order valence-electron chi connectivity index (χ2n) is 5.67. The fourth-order valence-electron chi connectivity index (χ4n) is 2.45. The average molecular weight is 347 g/mol. The number of hydrogen-bond donors (Lipinski definition) is 2. The number of aryl methyl sites for hydroxylation is 1. The van der Waals surface area contributed by atoms with Crippen molar-refractivity contribution in [2.75, 3.05) is 13.1 Å². The molecule has 1 atom stereocenters. The molecule has 24 heavy (non-hydrogen) atoms. The van der Waals surface area contributed by atoms with Gasteiger partial charge in [0.2, 0.25) is 0 Å². The van der Waals surface area contributed by atoms with E-state index < -0.39 is 10.1 Å². The molecule has 0 aliphatic carbocycles. The summed E-state index contributed by atoms with van der Waals surface area (Å²) in [6.07, 6.45) is 0.666. The molecule has 0 spiro atoms. The lowest BCUT2D eigenvalue weighted by molar-refractivity contribution is -0.121. The molecule has 0 radical (unpaired) electrons. The normalized spacial score (nSPS) is 17.8. The molecule has 1 heterocycles. The molecule has 3 rings (SSSR count). The van der Waals surface area contributed by atoms with Crippen LogP contribution < -0.4 is 5.32 Å². The van der Waals surface area contributed by atoms with Crippen LogP contribution in [0, 0.1) is 6.92 Å². The summed E-state index contributed by atoms with van der Waals surface area (Å²) in [4.78, 5) is 11.5. The van der Waals surface area contributed by atoms with Gasteiger partial charge in [-0.3, -0.25) is 9.35 Å². The third-order valence-electron chi connectivity index (χ3n) is 3.81. The van der Waals surface area contributed by atoms with E-state index in [0.717, 1.165) is 24.2 Å². The smallest absolute Gasteiger partial charge is 0.294 e. The van der Waals surface area contributed by atoms with Crippen molar-refractivity contribution in [3.8, 4) is 0 Å². The van der Waals surface area contributed by atoms with Crippen LogP contribution in [-0.4, -0.2) is 31.8 Å². The van der Waals surface area contributed by atoms with Crippen LogP contribution in [0.15, 0.2) is 59.5 Å². The summed E-state index contributed by atoms with van der Waals surface area (Å²) in [7, 11) is -4.02. The average Bonchev–Trinajstić information content (AvgIpc) is 2.56. The zero-order valence-electron chi connectivity index (χ0n) is 13.5. The molecule has 2 N–H and O–H groups in total. The van der Waals surface area contributed by atoms with E-state index in [-0.39, 0.29) is 10.8 Å². The number of carbonyl (C=O) groups is 1. The number of carbonyl (C=O) groups excluding carboxylic acids is 1. The van der Waals surface area contributed by atoms with Crippen molar-refractivity contribution in [2.24, 2.45) is 0 Å². The molecule has 2 aromatic carbocycles. The molecule has 0 aromatic heterocycles. The van der Waals surface area contributed by atoms with E-state index >= 15 is 0 Å². The Bertz CT molecular complexity index is 770. The highest BCUT2D eigenvalue weighted by Gasteiger charge is 2.22. The highest BCUT2D eigenvalue weighted by Crippen LogP contribution is 2.19. The fraction of sp³-hybridized carbons (Fsp3) is 0.278. The largest absolute Gasteiger partial charge is 0.315 e. The minimum atomic E-state index is -4.02. The summed E-state index contributed by atoms with van der Waals surface area (Å²) in [6, 6.07) is 16.0. The fourth-order valence-corrected chi connectivity index (χ4v) is 2.93. The van der Waals surface area contributed by atoms with Crippen molar-refractivity contribution in [1.82, 2.24) is 5.32 Å². The third kappa shape index (κ3) is 5.26. The lowest BCUT2D eigenvalue weighted by atomic mass is 9.91. The highest BCUT2D eigenvalue weighted by molar-refractivity contribution is 7.85. The maximum atomic E-state index is 11.6. The molecule has 6 heteroatoms. The Morgan fingerprint density at radius 3 is 2.21 bits per heavy atom. The standard InChI is InChI=1S/C11H13NO.C7H8O3S/c13-11-6-7-12-8-10(11)9-4-2-1-3-5-9;1-6-2-4-7(5-3-6)11(8,9)10/h1-5,10,12H,6-8H2;2-5H,1H3,(H,8,9,10). The first-order chi connectivity index (χ1) is 11.4. The van der Waals surface area contributed by atoms with Crippen molar-refractivity contribution in [1.29, 1.82) is 0 Å². The molecule has 1 aliphatic rings. The molecule has 0 bridgehead atoms. The van der Waals surface area contributed by atoms with E-state index in [1.54, 1.807) is 12.1 Å². The molecule has 0 amide bonds. The van der Waals surface area contributed by atoms with Gasteiger partial charge in [0.1, 0.15) is 5.78 Å². The van der Waals surface area contributed by atoms with Gasteiger partial charge < -0.3 is 5.32 Å². The minimum absolute atomic E-state index is 0.0666. The summed E-state index contributed by atoms with van der Waals surface area (Å²) in [5.74, 6) is 0.444. The second-order valence-corrected chi connectivity index (χ2v) is 7.09. The molecule has 1 aliphatic heterocycles. The number of ketones is 1. The number of nitrogens with one attached hydrogen (secondary N) is 1. The minimum Gasteiger partial charge on any atom is -0.315 e. The van der Waals surface area contributed by atoms with Crippen LogP contribution in [0.1, 0.15) is 23.5 Å². The van der Waals surface area contributed by atoms with Crippen LogP contribution in [0.25, 0.3) is 0 Å². The van der Waals surface area contributed by atoms with E-state index in [9.17, 15) is 13.2 Å². The summed E-state index contributed by atoms with van der Waals surface area (Å²) in [5, 5.41) is 3.24. The van der Waals surface area contributed by atoms with Crippen LogP contribution in [0.3, 0.4) is 0 Å². The first-order valence-electron chi connectivity index (χ1n) is 7.70. The summed E-state index contributed by atoms with van der Waals surface area (Å²) < 4.78 is 29.6. The van der Waals surface area contributed by atoms with Gasteiger partial charge >= 0.3 is 0 Å². The van der Waals surface area contributed by atoms with E-state index in [1.807, 2.05) is 37.3 Å². The Morgan fingerprint density at radius 1 is 1.04 bits per heavy atom. The van der Waals surface area contributed by atoms with Gasteiger partial charge in [0.05, 0.1) is 10.8 Å². The summed E-state index contributed by atoms with van der Waals surface area (Å²) in [5.41, 5.74) is 2.09. The van der Waals surface area contributed by atoms with Gasteiger partial charge in [0, 0.05) is 19.5 Å². The predicted molar refractivity (Wildman–Crippen MR) is 92.7 cm³/mol. The summed E-state index contributed by atoms with van der Waals surface area (Å²) in [6.45, 7) is 3.47. The molecule has 128 valence electrons. The zero-order chi connectivity index (χ0) is 17.6. The van der Waals surface area contributed by atoms with E-state index in [1.165, 1.54) is 12.1 Å². The topological polar surface area (TPSA) is 83.5 Å². The Kier molecular flexibility index (Phi) is 6.25. The molecule has 5 nitrogen and oxygen atoms in total. The number of piperidine rings is 1. The van der Waals surface area contributed by atoms with E-state index in [2.05, 4.69) is 5.32 Å². The van der Waals surface area contributed by atoms with E-state index in [4.69, 9.17) is 4.55 Å². The Labute approximate surface area is 142 Å². The van der Waals surface area contributed by atoms with Crippen LogP contribution in [0.4, 0.5) is 0 Å². The zero-order valence-corrected chi connectivity index (χ0v) is 14.3. The van der Waals surface area contributed by atoms with Gasteiger partial charge in [-0.05, 0) is 24.6 Å². The molecular formula is C18H21NO4S. The Hall–Kier alpha value is -2.02. The predicted octanol–water partition coefficient (Wildman–Crippen LogP) is 2.57. The Morgan fingerprint density at radius 2 is 1.67 bits per heavy atom. The summed E-state index contributed by atoms with van der Waals surface area (Å²) >= 11 is 0. The quantitative estimate of drug-likeness (QED) is 0.816. The van der Waals surface area contributed by atoms with Gasteiger partial charge in [-0.15, -0.1) is 0 Å². The third-order valence-corrected chi connectivity index (χ3v) is 4.67. The molecule has 1 fully saturated rings. The van der Waals surface area contributed by atoms with Gasteiger partial charge in [0.25, 0.3) is 10.1 Å². The van der Waals surface area contributed by atoms with Crippen molar-refractivity contribution >= 4 is 15.9 Å². The first kappa shape index (κ1) is 18.3. The second kappa shape index (κ2) is 8.19. The Balaban J connectivity index is 0.000000177. The highest BCUT2D eigenvalue weighted by atomic mass is 32.2. The SMILES string of the molecule is Cc1ccc(S(=O)(=O)O)cc1.O=C1CCNCC1c1ccccc1. The maximum absolute atomic E-state index is 11.6. The lowest BCUT2D eigenvalue weighted by Crippen LogP contribution is -2.35. The maximum Gasteiger partial charge on any atom is 0.294 e. The molecule has 1 saturated heterocycles. The molecule has 2 aromatic rings. The van der Waals surface area contributed by atoms with Crippen molar-refractivity contribution in [3.05, 3.63) is 65.7 Å². The molecular weight excluding hydrogens is 326 g/mol.